The van der Waals surface area contributed by atoms with Crippen molar-refractivity contribution < 1.29 is 9.53 Å². The number of imidazole rings is 1. The number of anilines is 1. The van der Waals surface area contributed by atoms with Crippen LogP contribution in [0.3, 0.4) is 0 Å². The first kappa shape index (κ1) is 20.8. The summed E-state index contributed by atoms with van der Waals surface area (Å²) in [5.74, 6) is 0.389. The molecule has 5 rings (SSSR count). The van der Waals surface area contributed by atoms with E-state index in [0.29, 0.717) is 17.9 Å². The molecule has 33 heavy (non-hydrogen) atoms. The van der Waals surface area contributed by atoms with E-state index in [1.807, 2.05) is 104 Å². The van der Waals surface area contributed by atoms with Gasteiger partial charge in [-0.05, 0) is 60.9 Å². The molecular formula is C28H25N3O2. The highest BCUT2D eigenvalue weighted by Gasteiger charge is 2.18. The van der Waals surface area contributed by atoms with E-state index >= 15 is 0 Å². The lowest BCUT2D eigenvalue weighted by Gasteiger charge is -2.15. The van der Waals surface area contributed by atoms with E-state index in [2.05, 4.69) is 5.32 Å². The lowest BCUT2D eigenvalue weighted by Crippen LogP contribution is -2.15. The number of hydrogen-bond acceptors (Lipinski definition) is 3. The van der Waals surface area contributed by atoms with Crippen LogP contribution in [0, 0.1) is 13.8 Å². The number of benzene rings is 3. The van der Waals surface area contributed by atoms with Crippen LogP contribution in [0.25, 0.3) is 27.7 Å². The average molecular weight is 436 g/mol. The van der Waals surface area contributed by atoms with Crippen molar-refractivity contribution in [3.8, 4) is 17.0 Å². The maximum Gasteiger partial charge on any atom is 0.260 e. The lowest BCUT2D eigenvalue weighted by molar-refractivity contribution is 0.102. The summed E-state index contributed by atoms with van der Waals surface area (Å²) in [6, 6.07) is 21.8. The number of nitrogens with one attached hydrogen (secondary N) is 1. The standard InChI is InChI=1S/C28H25N3O2/c1-4-33-25-14-13-20-9-5-6-10-22(20)26(25)28(32)30-23-16-21(12-11-18(23)2)24-17-31-15-7-8-19(3)27(31)29-24/h5-17H,4H2,1-3H3,(H,30,32). The molecular weight excluding hydrogens is 410 g/mol. The summed E-state index contributed by atoms with van der Waals surface area (Å²) in [6.07, 6.45) is 4.00. The number of ether oxygens (including phenoxy) is 1. The van der Waals surface area contributed by atoms with Crippen molar-refractivity contribution in [2.45, 2.75) is 20.8 Å². The summed E-state index contributed by atoms with van der Waals surface area (Å²) >= 11 is 0. The minimum Gasteiger partial charge on any atom is -0.493 e. The second-order valence-corrected chi connectivity index (χ2v) is 8.12. The summed E-state index contributed by atoms with van der Waals surface area (Å²) in [6.45, 7) is 6.44. The van der Waals surface area contributed by atoms with Crippen LogP contribution < -0.4 is 10.1 Å². The van der Waals surface area contributed by atoms with Gasteiger partial charge in [0.05, 0.1) is 17.9 Å². The quantitative estimate of drug-likeness (QED) is 0.346. The molecule has 0 unspecified atom stereocenters. The molecule has 0 aliphatic rings. The number of aromatic nitrogens is 2. The number of aryl methyl sites for hydroxylation is 2. The van der Waals surface area contributed by atoms with Gasteiger partial charge in [0, 0.05) is 23.6 Å². The Hall–Kier alpha value is -4.12. The molecule has 0 radical (unpaired) electrons. The van der Waals surface area contributed by atoms with Crippen molar-refractivity contribution in [2.75, 3.05) is 11.9 Å². The molecule has 5 nitrogen and oxygen atoms in total. The third-order valence-corrected chi connectivity index (χ3v) is 5.88. The minimum absolute atomic E-state index is 0.193. The Morgan fingerprint density at radius 1 is 1.00 bits per heavy atom. The number of rotatable bonds is 5. The van der Waals surface area contributed by atoms with E-state index in [4.69, 9.17) is 9.72 Å². The molecule has 0 saturated heterocycles. The maximum absolute atomic E-state index is 13.5. The van der Waals surface area contributed by atoms with Crippen molar-refractivity contribution in [1.82, 2.24) is 9.38 Å². The predicted molar refractivity (Wildman–Crippen MR) is 133 cm³/mol. The van der Waals surface area contributed by atoms with Crippen LogP contribution in [0.5, 0.6) is 5.75 Å². The Kier molecular flexibility index (Phi) is 5.31. The van der Waals surface area contributed by atoms with Crippen LogP contribution in [-0.2, 0) is 0 Å². The van der Waals surface area contributed by atoms with Gasteiger partial charge >= 0.3 is 0 Å². The van der Waals surface area contributed by atoms with Gasteiger partial charge in [-0.25, -0.2) is 4.98 Å². The first-order valence-electron chi connectivity index (χ1n) is 11.1. The largest absolute Gasteiger partial charge is 0.493 e. The van der Waals surface area contributed by atoms with Gasteiger partial charge in [-0.2, -0.15) is 0 Å². The third kappa shape index (κ3) is 3.82. The summed E-state index contributed by atoms with van der Waals surface area (Å²) in [4.78, 5) is 18.3. The van der Waals surface area contributed by atoms with Crippen molar-refractivity contribution in [3.63, 3.8) is 0 Å². The summed E-state index contributed by atoms with van der Waals surface area (Å²) in [7, 11) is 0. The molecule has 0 aliphatic heterocycles. The van der Waals surface area contributed by atoms with Gasteiger partial charge in [0.1, 0.15) is 11.4 Å². The highest BCUT2D eigenvalue weighted by Crippen LogP contribution is 2.31. The fourth-order valence-corrected chi connectivity index (χ4v) is 4.16. The molecule has 2 heterocycles. The van der Waals surface area contributed by atoms with E-state index in [1.165, 1.54) is 0 Å². The van der Waals surface area contributed by atoms with Crippen LogP contribution in [0.1, 0.15) is 28.4 Å². The van der Waals surface area contributed by atoms with E-state index < -0.39 is 0 Å². The van der Waals surface area contributed by atoms with Gasteiger partial charge in [-0.1, -0.05) is 48.5 Å². The molecule has 1 N–H and O–H groups in total. The zero-order valence-corrected chi connectivity index (χ0v) is 18.9. The van der Waals surface area contributed by atoms with Crippen LogP contribution in [0.15, 0.2) is 79.1 Å². The Balaban J connectivity index is 1.54. The average Bonchev–Trinajstić information content (AvgIpc) is 3.26. The Bertz CT molecular complexity index is 1500. The monoisotopic (exact) mass is 435 g/mol. The SMILES string of the molecule is CCOc1ccc2ccccc2c1C(=O)Nc1cc(-c2cn3cccc(C)c3n2)ccc1C. The van der Waals surface area contributed by atoms with Crippen molar-refractivity contribution >= 4 is 28.0 Å². The maximum atomic E-state index is 13.5. The van der Waals surface area contributed by atoms with Gasteiger partial charge in [0.2, 0.25) is 0 Å². The molecule has 3 aromatic carbocycles. The van der Waals surface area contributed by atoms with Crippen molar-refractivity contribution in [2.24, 2.45) is 0 Å². The minimum atomic E-state index is -0.193. The number of pyridine rings is 1. The number of fused-ring (bicyclic) bond motifs is 2. The number of hydrogen-bond donors (Lipinski definition) is 1. The molecule has 0 fully saturated rings. The van der Waals surface area contributed by atoms with E-state index in [1.54, 1.807) is 0 Å². The molecule has 2 aromatic heterocycles. The number of amides is 1. The number of nitrogens with zero attached hydrogens (tertiary/aromatic N) is 2. The van der Waals surface area contributed by atoms with Crippen molar-refractivity contribution in [3.05, 3.63) is 95.8 Å². The number of carbonyl (C=O) groups excluding carboxylic acids is 1. The summed E-state index contributed by atoms with van der Waals surface area (Å²) in [5, 5.41) is 4.98. The van der Waals surface area contributed by atoms with Gasteiger partial charge in [0.15, 0.2) is 0 Å². The Morgan fingerprint density at radius 2 is 1.85 bits per heavy atom. The third-order valence-electron chi connectivity index (χ3n) is 5.88. The molecule has 0 atom stereocenters. The van der Waals surface area contributed by atoms with Gasteiger partial charge in [-0.15, -0.1) is 0 Å². The molecule has 0 aliphatic carbocycles. The molecule has 0 saturated carbocycles. The predicted octanol–water partition coefficient (Wildman–Crippen LogP) is 6.42. The topological polar surface area (TPSA) is 55.6 Å². The van der Waals surface area contributed by atoms with E-state index in [9.17, 15) is 4.79 Å². The molecule has 0 bridgehead atoms. The van der Waals surface area contributed by atoms with Gasteiger partial charge in [0.25, 0.3) is 5.91 Å². The van der Waals surface area contributed by atoms with Gasteiger partial charge in [-0.3, -0.25) is 4.79 Å². The number of carbonyl (C=O) groups is 1. The first-order chi connectivity index (χ1) is 16.0. The second kappa shape index (κ2) is 8.43. The van der Waals surface area contributed by atoms with E-state index in [0.717, 1.165) is 44.5 Å². The summed E-state index contributed by atoms with van der Waals surface area (Å²) < 4.78 is 7.82. The highest BCUT2D eigenvalue weighted by molar-refractivity contribution is 6.15. The molecule has 5 aromatic rings. The van der Waals surface area contributed by atoms with Gasteiger partial charge < -0.3 is 14.5 Å². The van der Waals surface area contributed by atoms with Crippen LogP contribution in [0.4, 0.5) is 5.69 Å². The molecule has 1 amide bonds. The van der Waals surface area contributed by atoms with Crippen LogP contribution in [-0.4, -0.2) is 21.9 Å². The van der Waals surface area contributed by atoms with Crippen molar-refractivity contribution in [1.29, 1.82) is 0 Å². The Labute approximate surface area is 192 Å². The molecule has 164 valence electrons. The molecule has 0 spiro atoms. The van der Waals surface area contributed by atoms with Crippen LogP contribution in [0.2, 0.25) is 0 Å². The normalized spacial score (nSPS) is 11.1. The Morgan fingerprint density at radius 3 is 2.67 bits per heavy atom. The second-order valence-electron chi connectivity index (χ2n) is 8.12. The summed E-state index contributed by atoms with van der Waals surface area (Å²) in [5.41, 5.74) is 6.12. The van der Waals surface area contributed by atoms with Crippen LogP contribution >= 0.6 is 0 Å². The zero-order valence-electron chi connectivity index (χ0n) is 18.9. The zero-order chi connectivity index (χ0) is 22.9. The fourth-order valence-electron chi connectivity index (χ4n) is 4.16. The van der Waals surface area contributed by atoms with E-state index in [-0.39, 0.29) is 5.91 Å². The smallest absolute Gasteiger partial charge is 0.260 e. The highest BCUT2D eigenvalue weighted by atomic mass is 16.5. The first-order valence-corrected chi connectivity index (χ1v) is 11.1. The molecule has 5 heteroatoms. The fraction of sp³-hybridized carbons (Fsp3) is 0.143. The lowest BCUT2D eigenvalue weighted by atomic mass is 10.0.